The number of hydrogen-bond donors (Lipinski definition) is 2. The Balaban J connectivity index is 2.10. The van der Waals surface area contributed by atoms with E-state index in [1.54, 1.807) is 24.3 Å². The van der Waals surface area contributed by atoms with Gasteiger partial charge in [-0.05, 0) is 30.3 Å². The zero-order valence-electron chi connectivity index (χ0n) is 9.84. The molecule has 0 fully saturated rings. The molecule has 0 unspecified atom stereocenters. The predicted molar refractivity (Wildman–Crippen MR) is 76.6 cm³/mol. The van der Waals surface area contributed by atoms with Gasteiger partial charge in [-0.25, -0.2) is 9.78 Å². The monoisotopic (exact) mass is 294 g/mol. The van der Waals surface area contributed by atoms with E-state index in [4.69, 9.17) is 22.4 Å². The number of hydrogen-bond acceptors (Lipinski definition) is 4. The van der Waals surface area contributed by atoms with Crippen molar-refractivity contribution in [1.29, 1.82) is 0 Å². The van der Waals surface area contributed by atoms with E-state index in [1.807, 2.05) is 6.07 Å². The van der Waals surface area contributed by atoms with E-state index in [0.717, 1.165) is 4.90 Å². The van der Waals surface area contributed by atoms with Crippen molar-refractivity contribution in [3.8, 4) is 0 Å². The van der Waals surface area contributed by atoms with Crippen LogP contribution in [-0.2, 0) is 5.75 Å². The molecule has 0 amide bonds. The van der Waals surface area contributed by atoms with Crippen LogP contribution in [0.1, 0.15) is 16.2 Å². The molecule has 2 rings (SSSR count). The Morgan fingerprint density at radius 3 is 2.84 bits per heavy atom. The van der Waals surface area contributed by atoms with Crippen LogP contribution in [0.25, 0.3) is 0 Å². The molecule has 6 heteroatoms. The lowest BCUT2D eigenvalue weighted by Gasteiger charge is -2.06. The van der Waals surface area contributed by atoms with Gasteiger partial charge in [-0.3, -0.25) is 0 Å². The van der Waals surface area contributed by atoms with E-state index in [1.165, 1.54) is 17.8 Å². The molecule has 3 N–H and O–H groups in total. The molecule has 0 radical (unpaired) electrons. The molecule has 0 atom stereocenters. The summed E-state index contributed by atoms with van der Waals surface area (Å²) in [6.45, 7) is 0. The standard InChI is InChI=1S/C13H11ClN2O2S/c14-8-4-5-12(10(15)6-8)19-7-9-2-1-3-11(16-9)13(17)18/h1-6H,7,15H2,(H,17,18). The van der Waals surface area contributed by atoms with Crippen molar-refractivity contribution in [2.24, 2.45) is 0 Å². The lowest BCUT2D eigenvalue weighted by molar-refractivity contribution is 0.0690. The number of thioether (sulfide) groups is 1. The van der Waals surface area contributed by atoms with E-state index in [-0.39, 0.29) is 5.69 Å². The molecular weight excluding hydrogens is 284 g/mol. The fraction of sp³-hybridized carbons (Fsp3) is 0.0769. The minimum Gasteiger partial charge on any atom is -0.477 e. The number of halogens is 1. The fourth-order valence-electron chi connectivity index (χ4n) is 1.48. The number of carboxylic acid groups (broad SMARTS) is 1. The number of rotatable bonds is 4. The highest BCUT2D eigenvalue weighted by atomic mass is 35.5. The topological polar surface area (TPSA) is 76.2 Å². The molecule has 19 heavy (non-hydrogen) atoms. The maximum Gasteiger partial charge on any atom is 0.354 e. The van der Waals surface area contributed by atoms with Gasteiger partial charge in [0.2, 0.25) is 0 Å². The third-order valence-electron chi connectivity index (χ3n) is 2.37. The summed E-state index contributed by atoms with van der Waals surface area (Å²) in [6.07, 6.45) is 0. The van der Waals surface area contributed by atoms with Crippen LogP contribution in [0.4, 0.5) is 5.69 Å². The smallest absolute Gasteiger partial charge is 0.354 e. The van der Waals surface area contributed by atoms with Gasteiger partial charge in [0.15, 0.2) is 0 Å². The number of nitrogens with zero attached hydrogens (tertiary/aromatic N) is 1. The van der Waals surface area contributed by atoms with Gasteiger partial charge in [-0.2, -0.15) is 0 Å². The molecule has 0 spiro atoms. The van der Waals surface area contributed by atoms with E-state index < -0.39 is 5.97 Å². The van der Waals surface area contributed by atoms with Crippen LogP contribution < -0.4 is 5.73 Å². The molecule has 1 aromatic carbocycles. The summed E-state index contributed by atoms with van der Waals surface area (Å²) in [6, 6.07) is 10.2. The highest BCUT2D eigenvalue weighted by molar-refractivity contribution is 7.98. The van der Waals surface area contributed by atoms with Crippen molar-refractivity contribution in [1.82, 2.24) is 4.98 Å². The molecule has 0 aliphatic heterocycles. The number of pyridine rings is 1. The first-order valence-electron chi connectivity index (χ1n) is 5.43. The van der Waals surface area contributed by atoms with Crippen LogP contribution in [0.3, 0.4) is 0 Å². The Kier molecular flexibility index (Phi) is 4.29. The molecule has 0 saturated heterocycles. The summed E-state index contributed by atoms with van der Waals surface area (Å²) in [4.78, 5) is 15.8. The van der Waals surface area contributed by atoms with Gasteiger partial charge in [-0.15, -0.1) is 11.8 Å². The van der Waals surface area contributed by atoms with E-state index in [0.29, 0.717) is 22.2 Å². The molecule has 4 nitrogen and oxygen atoms in total. The highest BCUT2D eigenvalue weighted by Gasteiger charge is 2.06. The van der Waals surface area contributed by atoms with Gasteiger partial charge in [-0.1, -0.05) is 17.7 Å². The number of aromatic carboxylic acids is 1. The van der Waals surface area contributed by atoms with Gasteiger partial charge >= 0.3 is 5.97 Å². The number of benzene rings is 1. The van der Waals surface area contributed by atoms with Crippen molar-refractivity contribution in [3.63, 3.8) is 0 Å². The summed E-state index contributed by atoms with van der Waals surface area (Å²) < 4.78 is 0. The molecule has 0 saturated carbocycles. The van der Waals surface area contributed by atoms with Crippen LogP contribution in [0, 0.1) is 0 Å². The Morgan fingerprint density at radius 1 is 1.37 bits per heavy atom. The number of nitrogens with two attached hydrogens (primary N) is 1. The number of aromatic nitrogens is 1. The summed E-state index contributed by atoms with van der Waals surface area (Å²) in [5, 5.41) is 9.46. The fourth-order valence-corrected chi connectivity index (χ4v) is 2.52. The van der Waals surface area contributed by atoms with Crippen molar-refractivity contribution >= 4 is 35.0 Å². The van der Waals surface area contributed by atoms with E-state index >= 15 is 0 Å². The SMILES string of the molecule is Nc1cc(Cl)ccc1SCc1cccc(C(=O)O)n1. The zero-order valence-corrected chi connectivity index (χ0v) is 11.4. The molecule has 0 aliphatic carbocycles. The average molecular weight is 295 g/mol. The Labute approximate surface area is 119 Å². The Bertz CT molecular complexity index is 619. The van der Waals surface area contributed by atoms with Gasteiger partial charge in [0.25, 0.3) is 0 Å². The third kappa shape index (κ3) is 3.62. The third-order valence-corrected chi connectivity index (χ3v) is 3.73. The van der Waals surface area contributed by atoms with Crippen LogP contribution >= 0.6 is 23.4 Å². The predicted octanol–water partition coefficient (Wildman–Crippen LogP) is 3.31. The van der Waals surface area contributed by atoms with Crippen molar-refractivity contribution in [3.05, 3.63) is 52.8 Å². The van der Waals surface area contributed by atoms with Crippen LogP contribution in [0.5, 0.6) is 0 Å². The minimum atomic E-state index is -1.03. The first-order chi connectivity index (χ1) is 9.06. The maximum absolute atomic E-state index is 10.8. The summed E-state index contributed by atoms with van der Waals surface area (Å²) in [7, 11) is 0. The lowest BCUT2D eigenvalue weighted by Crippen LogP contribution is -2.01. The van der Waals surface area contributed by atoms with Crippen LogP contribution in [0.2, 0.25) is 5.02 Å². The summed E-state index contributed by atoms with van der Waals surface area (Å²) >= 11 is 7.31. The largest absolute Gasteiger partial charge is 0.477 e. The van der Waals surface area contributed by atoms with Gasteiger partial charge in [0.05, 0.1) is 5.69 Å². The lowest BCUT2D eigenvalue weighted by atomic mass is 10.3. The highest BCUT2D eigenvalue weighted by Crippen LogP contribution is 2.29. The van der Waals surface area contributed by atoms with Crippen LogP contribution in [0.15, 0.2) is 41.3 Å². The van der Waals surface area contributed by atoms with Crippen molar-refractivity contribution in [2.75, 3.05) is 5.73 Å². The second-order valence-electron chi connectivity index (χ2n) is 3.79. The molecule has 1 heterocycles. The van der Waals surface area contributed by atoms with Gasteiger partial charge < -0.3 is 10.8 Å². The number of carbonyl (C=O) groups is 1. The molecule has 1 aromatic heterocycles. The second kappa shape index (κ2) is 5.95. The quantitative estimate of drug-likeness (QED) is 0.668. The zero-order chi connectivity index (χ0) is 13.8. The Morgan fingerprint density at radius 2 is 2.16 bits per heavy atom. The molecule has 0 bridgehead atoms. The maximum atomic E-state index is 10.8. The normalized spacial score (nSPS) is 10.4. The summed E-state index contributed by atoms with van der Waals surface area (Å²) in [5.74, 6) is -0.481. The molecular formula is C13H11ClN2O2S. The second-order valence-corrected chi connectivity index (χ2v) is 5.24. The number of nitrogen functional groups attached to an aromatic ring is 1. The number of carboxylic acids is 1. The van der Waals surface area contributed by atoms with Gasteiger partial charge in [0, 0.05) is 21.4 Å². The Hall–Kier alpha value is -1.72. The van der Waals surface area contributed by atoms with E-state index in [9.17, 15) is 4.79 Å². The first kappa shape index (κ1) is 13.7. The minimum absolute atomic E-state index is 0.0437. The molecule has 0 aliphatic rings. The van der Waals surface area contributed by atoms with Gasteiger partial charge in [0.1, 0.15) is 5.69 Å². The van der Waals surface area contributed by atoms with Crippen molar-refractivity contribution < 1.29 is 9.90 Å². The number of anilines is 1. The first-order valence-corrected chi connectivity index (χ1v) is 6.79. The molecule has 98 valence electrons. The van der Waals surface area contributed by atoms with Crippen LogP contribution in [-0.4, -0.2) is 16.1 Å². The summed E-state index contributed by atoms with van der Waals surface area (Å²) in [5.41, 5.74) is 7.18. The van der Waals surface area contributed by atoms with E-state index in [2.05, 4.69) is 4.98 Å². The molecule has 2 aromatic rings. The van der Waals surface area contributed by atoms with Crippen molar-refractivity contribution in [2.45, 2.75) is 10.6 Å². The average Bonchev–Trinajstić information content (AvgIpc) is 2.38.